The molecule has 0 saturated carbocycles. The average Bonchev–Trinajstić information content (AvgIpc) is 2.05. The predicted octanol–water partition coefficient (Wildman–Crippen LogP) is 1.32. The van der Waals surface area contributed by atoms with Gasteiger partial charge >= 0.3 is 5.97 Å². The van der Waals surface area contributed by atoms with Crippen LogP contribution in [0.1, 0.15) is 6.92 Å². The van der Waals surface area contributed by atoms with Crippen LogP contribution in [0.2, 0.25) is 0 Å². The first-order valence-corrected chi connectivity index (χ1v) is 3.69. The highest BCUT2D eigenvalue weighted by Gasteiger charge is 2.08. The molecule has 0 aromatic heterocycles. The fraction of sp³-hybridized carbons (Fsp3) is 0.333. The molecule has 0 aromatic rings. The van der Waals surface area contributed by atoms with Gasteiger partial charge in [-0.3, -0.25) is 0 Å². The van der Waals surface area contributed by atoms with Crippen LogP contribution in [0.4, 0.5) is 0 Å². The molecule has 0 N–H and O–H groups in total. The zero-order valence-electron chi connectivity index (χ0n) is 5.83. The Morgan fingerprint density at radius 2 is 2.45 bits per heavy atom. The SMILES string of the molecule is CCOC=C(C#N)C(=O)OI. The van der Waals surface area contributed by atoms with Gasteiger partial charge in [0.25, 0.3) is 0 Å². The van der Waals surface area contributed by atoms with Gasteiger partial charge in [0.2, 0.25) is 0 Å². The number of nitrogens with zero attached hydrogens (tertiary/aromatic N) is 1. The maximum Gasteiger partial charge on any atom is 0.361 e. The Kier molecular flexibility index (Phi) is 5.56. The highest BCUT2D eigenvalue weighted by molar-refractivity contribution is 14.1. The number of carbonyl (C=O) groups is 1. The molecule has 0 aromatic carbocycles. The first-order valence-electron chi connectivity index (χ1n) is 2.81. The van der Waals surface area contributed by atoms with Gasteiger partial charge in [-0.2, -0.15) is 5.26 Å². The lowest BCUT2D eigenvalue weighted by atomic mass is 10.3. The standard InChI is InChI=1S/C6H6INO3/c1-2-10-4-5(3-8)6(9)11-7/h4H,2H2,1H3. The van der Waals surface area contributed by atoms with Gasteiger partial charge < -0.3 is 7.80 Å². The number of ether oxygens (including phenoxy) is 1. The summed E-state index contributed by atoms with van der Waals surface area (Å²) >= 11 is 1.41. The van der Waals surface area contributed by atoms with E-state index in [0.717, 1.165) is 6.26 Å². The zero-order chi connectivity index (χ0) is 8.69. The van der Waals surface area contributed by atoms with Crippen LogP contribution in [0.15, 0.2) is 11.8 Å². The fourth-order valence-corrected chi connectivity index (χ4v) is 0.566. The number of rotatable bonds is 3. The second kappa shape index (κ2) is 5.97. The molecule has 5 heteroatoms. The first-order chi connectivity index (χ1) is 5.26. The maximum atomic E-state index is 10.6. The van der Waals surface area contributed by atoms with Crippen molar-refractivity contribution in [1.82, 2.24) is 0 Å². The molecule has 0 radical (unpaired) electrons. The molecular weight excluding hydrogens is 261 g/mol. The Bertz CT molecular complexity index is 206. The van der Waals surface area contributed by atoms with Crippen LogP contribution in [-0.4, -0.2) is 12.6 Å². The van der Waals surface area contributed by atoms with Crippen molar-refractivity contribution in [3.05, 3.63) is 11.8 Å². The lowest BCUT2D eigenvalue weighted by molar-refractivity contribution is -0.126. The topological polar surface area (TPSA) is 59.3 Å². The Morgan fingerprint density at radius 3 is 2.82 bits per heavy atom. The minimum atomic E-state index is -0.693. The summed E-state index contributed by atoms with van der Waals surface area (Å²) in [7, 11) is 0. The number of halogens is 1. The van der Waals surface area contributed by atoms with E-state index in [1.165, 1.54) is 23.0 Å². The van der Waals surface area contributed by atoms with Gasteiger partial charge in [0.15, 0.2) is 28.6 Å². The quantitative estimate of drug-likeness (QED) is 0.335. The van der Waals surface area contributed by atoms with Crippen molar-refractivity contribution in [2.24, 2.45) is 0 Å². The molecule has 0 atom stereocenters. The van der Waals surface area contributed by atoms with Crippen molar-refractivity contribution >= 4 is 29.0 Å². The van der Waals surface area contributed by atoms with Crippen molar-refractivity contribution in [3.8, 4) is 6.07 Å². The summed E-state index contributed by atoms with van der Waals surface area (Å²) in [6.45, 7) is 2.17. The Balaban J connectivity index is 4.18. The molecular formula is C6H6INO3. The van der Waals surface area contributed by atoms with E-state index < -0.39 is 5.97 Å². The monoisotopic (exact) mass is 267 g/mol. The number of carbonyl (C=O) groups excluding carboxylic acids is 1. The molecule has 0 rings (SSSR count). The van der Waals surface area contributed by atoms with Gasteiger partial charge in [-0.15, -0.1) is 0 Å². The van der Waals surface area contributed by atoms with Gasteiger partial charge in [0.05, 0.1) is 6.61 Å². The van der Waals surface area contributed by atoms with E-state index >= 15 is 0 Å². The van der Waals surface area contributed by atoms with E-state index in [4.69, 9.17) is 10.00 Å². The van der Waals surface area contributed by atoms with Gasteiger partial charge in [-0.25, -0.2) is 4.79 Å². The normalized spacial score (nSPS) is 10.1. The largest absolute Gasteiger partial charge is 0.500 e. The minimum absolute atomic E-state index is 0.138. The molecule has 0 saturated heterocycles. The van der Waals surface area contributed by atoms with Crippen molar-refractivity contribution < 1.29 is 12.6 Å². The van der Waals surface area contributed by atoms with Crippen LogP contribution in [0.3, 0.4) is 0 Å². The number of nitriles is 1. The van der Waals surface area contributed by atoms with Crippen LogP contribution in [-0.2, 0) is 12.6 Å². The van der Waals surface area contributed by atoms with Gasteiger partial charge in [0.1, 0.15) is 12.3 Å². The van der Waals surface area contributed by atoms with Crippen LogP contribution >= 0.6 is 23.0 Å². The molecule has 0 aliphatic rings. The van der Waals surface area contributed by atoms with Crippen molar-refractivity contribution in [2.75, 3.05) is 6.61 Å². The predicted molar refractivity (Wildman–Crippen MR) is 45.4 cm³/mol. The van der Waals surface area contributed by atoms with E-state index in [-0.39, 0.29) is 5.57 Å². The van der Waals surface area contributed by atoms with Gasteiger partial charge in [-0.1, -0.05) is 0 Å². The smallest absolute Gasteiger partial charge is 0.361 e. The summed E-state index contributed by atoms with van der Waals surface area (Å²) in [5.74, 6) is -0.693. The zero-order valence-corrected chi connectivity index (χ0v) is 7.99. The van der Waals surface area contributed by atoms with Crippen molar-refractivity contribution in [2.45, 2.75) is 6.92 Å². The third kappa shape index (κ3) is 3.83. The second-order valence-electron chi connectivity index (χ2n) is 1.46. The number of hydrogen-bond acceptors (Lipinski definition) is 4. The van der Waals surface area contributed by atoms with E-state index in [1.807, 2.05) is 0 Å². The minimum Gasteiger partial charge on any atom is -0.500 e. The van der Waals surface area contributed by atoms with Crippen molar-refractivity contribution in [3.63, 3.8) is 0 Å². The van der Waals surface area contributed by atoms with E-state index in [2.05, 4.69) is 3.07 Å². The first kappa shape index (κ1) is 10.2. The summed E-state index contributed by atoms with van der Waals surface area (Å²) in [5, 5.41) is 8.35. The highest BCUT2D eigenvalue weighted by atomic mass is 127. The Morgan fingerprint density at radius 1 is 1.82 bits per heavy atom. The fourth-order valence-electron chi connectivity index (χ4n) is 0.328. The molecule has 0 spiro atoms. The lowest BCUT2D eigenvalue weighted by Crippen LogP contribution is -2.00. The van der Waals surface area contributed by atoms with Gasteiger partial charge in [-0.05, 0) is 6.92 Å². The van der Waals surface area contributed by atoms with Crippen molar-refractivity contribution in [1.29, 1.82) is 5.26 Å². The molecule has 0 amide bonds. The molecule has 0 aliphatic heterocycles. The van der Waals surface area contributed by atoms with E-state index in [0.29, 0.717) is 6.61 Å². The van der Waals surface area contributed by atoms with E-state index in [9.17, 15) is 4.79 Å². The third-order valence-corrected chi connectivity index (χ3v) is 1.18. The van der Waals surface area contributed by atoms with Crippen LogP contribution < -0.4 is 0 Å². The molecule has 0 fully saturated rings. The van der Waals surface area contributed by atoms with Crippen LogP contribution in [0.5, 0.6) is 0 Å². The molecule has 0 bridgehead atoms. The van der Waals surface area contributed by atoms with E-state index in [1.54, 1.807) is 13.0 Å². The average molecular weight is 267 g/mol. The third-order valence-electron chi connectivity index (χ3n) is 0.778. The summed E-state index contributed by atoms with van der Waals surface area (Å²) < 4.78 is 8.98. The maximum absolute atomic E-state index is 10.6. The molecule has 60 valence electrons. The Labute approximate surface area is 78.5 Å². The molecule has 11 heavy (non-hydrogen) atoms. The summed E-state index contributed by atoms with van der Waals surface area (Å²) in [4.78, 5) is 10.6. The number of hydrogen-bond donors (Lipinski definition) is 0. The Hall–Kier alpha value is -0.770. The van der Waals surface area contributed by atoms with Crippen LogP contribution in [0, 0.1) is 11.3 Å². The van der Waals surface area contributed by atoms with Gasteiger partial charge in [0, 0.05) is 0 Å². The molecule has 0 aliphatic carbocycles. The summed E-state index contributed by atoms with van der Waals surface area (Å²) in [6, 6.07) is 1.64. The highest BCUT2D eigenvalue weighted by Crippen LogP contribution is 2.00. The molecule has 0 unspecified atom stereocenters. The molecule has 4 nitrogen and oxygen atoms in total. The molecule has 0 heterocycles. The summed E-state index contributed by atoms with van der Waals surface area (Å²) in [5.41, 5.74) is -0.138. The second-order valence-corrected chi connectivity index (χ2v) is 1.90. The lowest BCUT2D eigenvalue weighted by Gasteiger charge is -1.94. The van der Waals surface area contributed by atoms with Crippen LogP contribution in [0.25, 0.3) is 0 Å². The summed E-state index contributed by atoms with van der Waals surface area (Å²) in [6.07, 6.45) is 1.08.